The molecule has 0 amide bonds. The highest BCUT2D eigenvalue weighted by atomic mass is 19.4. The van der Waals surface area contributed by atoms with Gasteiger partial charge in [-0.3, -0.25) is 4.98 Å². The molecule has 19 heavy (non-hydrogen) atoms. The summed E-state index contributed by atoms with van der Waals surface area (Å²) in [4.78, 5) is 8.00. The van der Waals surface area contributed by atoms with Gasteiger partial charge in [0.1, 0.15) is 11.4 Å². The summed E-state index contributed by atoms with van der Waals surface area (Å²) in [7, 11) is 0. The van der Waals surface area contributed by atoms with Crippen LogP contribution in [0.25, 0.3) is 11.3 Å². The number of nitrogens with two attached hydrogens (primary N) is 1. The largest absolute Gasteiger partial charge is 0.573 e. The number of halogens is 3. The number of hydrogen-bond acceptors (Lipinski definition) is 5. The minimum atomic E-state index is -4.71. The van der Waals surface area contributed by atoms with Crippen molar-refractivity contribution >= 4 is 5.82 Å². The number of nitrogen functional groups attached to an aromatic ring is 1. The van der Waals surface area contributed by atoms with Crippen molar-refractivity contribution in [1.29, 1.82) is 0 Å². The number of alkyl halides is 3. The van der Waals surface area contributed by atoms with Crippen molar-refractivity contribution in [2.45, 2.75) is 6.36 Å². The van der Waals surface area contributed by atoms with E-state index in [0.29, 0.717) is 17.1 Å². The van der Waals surface area contributed by atoms with Crippen molar-refractivity contribution in [2.24, 2.45) is 5.84 Å². The molecule has 0 saturated heterocycles. The Kier molecular flexibility index (Phi) is 3.52. The zero-order chi connectivity index (χ0) is 13.9. The van der Waals surface area contributed by atoms with E-state index < -0.39 is 6.36 Å². The highest BCUT2D eigenvalue weighted by molar-refractivity contribution is 5.71. The van der Waals surface area contributed by atoms with Gasteiger partial charge in [0.25, 0.3) is 0 Å². The van der Waals surface area contributed by atoms with Crippen LogP contribution in [0, 0.1) is 0 Å². The number of ether oxygens (including phenoxy) is 1. The minimum absolute atomic E-state index is 0.303. The van der Waals surface area contributed by atoms with Gasteiger partial charge in [-0.25, -0.2) is 10.8 Å². The van der Waals surface area contributed by atoms with E-state index in [1.54, 1.807) is 0 Å². The number of hydrogen-bond donors (Lipinski definition) is 2. The Bertz CT molecular complexity index is 557. The summed E-state index contributed by atoms with van der Waals surface area (Å²) in [6.07, 6.45) is -1.81. The van der Waals surface area contributed by atoms with Gasteiger partial charge in [0, 0.05) is 18.0 Å². The van der Waals surface area contributed by atoms with Gasteiger partial charge < -0.3 is 10.2 Å². The molecular weight excluding hydrogens is 261 g/mol. The molecule has 0 aliphatic heterocycles. The summed E-state index contributed by atoms with van der Waals surface area (Å²) in [5.74, 6) is 5.30. The number of nitrogens with zero attached hydrogens (tertiary/aromatic N) is 2. The van der Waals surface area contributed by atoms with E-state index in [1.165, 1.54) is 36.7 Å². The van der Waals surface area contributed by atoms with E-state index in [1.807, 2.05) is 0 Å². The number of rotatable bonds is 3. The molecule has 0 bridgehead atoms. The maximum Gasteiger partial charge on any atom is 0.573 e. The lowest BCUT2D eigenvalue weighted by molar-refractivity contribution is -0.274. The van der Waals surface area contributed by atoms with E-state index in [4.69, 9.17) is 5.84 Å². The van der Waals surface area contributed by atoms with Crippen molar-refractivity contribution < 1.29 is 17.9 Å². The molecule has 1 heterocycles. The SMILES string of the molecule is NNc1nccnc1-c1ccc(OC(F)(F)F)cc1. The molecule has 0 unspecified atom stereocenters. The molecule has 0 aliphatic rings. The molecule has 0 spiro atoms. The van der Waals surface area contributed by atoms with Gasteiger partial charge in [-0.1, -0.05) is 0 Å². The smallest absolute Gasteiger partial charge is 0.406 e. The van der Waals surface area contributed by atoms with Gasteiger partial charge in [-0.15, -0.1) is 13.2 Å². The highest BCUT2D eigenvalue weighted by Crippen LogP contribution is 2.27. The number of hydrazine groups is 1. The second-order valence-electron chi connectivity index (χ2n) is 3.47. The molecule has 0 radical (unpaired) electrons. The zero-order valence-electron chi connectivity index (χ0n) is 9.48. The molecule has 0 fully saturated rings. The Morgan fingerprint density at radius 3 is 2.26 bits per heavy atom. The number of aromatic nitrogens is 2. The monoisotopic (exact) mass is 270 g/mol. The van der Waals surface area contributed by atoms with Crippen molar-refractivity contribution in [1.82, 2.24) is 9.97 Å². The Hall–Kier alpha value is -2.35. The van der Waals surface area contributed by atoms with Gasteiger partial charge >= 0.3 is 6.36 Å². The van der Waals surface area contributed by atoms with E-state index >= 15 is 0 Å². The van der Waals surface area contributed by atoms with Crippen LogP contribution in [0.15, 0.2) is 36.7 Å². The van der Waals surface area contributed by atoms with Crippen LogP contribution in [0.5, 0.6) is 5.75 Å². The maximum absolute atomic E-state index is 12.0. The lowest BCUT2D eigenvalue weighted by Crippen LogP contribution is -2.17. The molecular formula is C11H9F3N4O. The highest BCUT2D eigenvalue weighted by Gasteiger charge is 2.30. The number of nitrogens with one attached hydrogen (secondary N) is 1. The van der Waals surface area contributed by atoms with Crippen LogP contribution >= 0.6 is 0 Å². The second kappa shape index (κ2) is 5.11. The quantitative estimate of drug-likeness (QED) is 0.661. The normalized spacial score (nSPS) is 11.2. The molecule has 2 aromatic rings. The van der Waals surface area contributed by atoms with Gasteiger partial charge in [0.2, 0.25) is 0 Å². The van der Waals surface area contributed by atoms with Gasteiger partial charge in [-0.2, -0.15) is 0 Å². The Balaban J connectivity index is 2.27. The number of anilines is 1. The van der Waals surface area contributed by atoms with Crippen LogP contribution in [0.1, 0.15) is 0 Å². The third-order valence-electron chi connectivity index (χ3n) is 2.20. The molecule has 3 N–H and O–H groups in total. The van der Waals surface area contributed by atoms with Gasteiger partial charge in [0.15, 0.2) is 5.82 Å². The predicted molar refractivity (Wildman–Crippen MR) is 62.0 cm³/mol. The van der Waals surface area contributed by atoms with E-state index in [2.05, 4.69) is 20.1 Å². The van der Waals surface area contributed by atoms with Crippen LogP contribution < -0.4 is 16.0 Å². The third-order valence-corrected chi connectivity index (χ3v) is 2.20. The standard InChI is InChI=1S/C11H9F3N4O/c12-11(13,14)19-8-3-1-7(2-4-8)9-10(18-15)17-6-5-16-9/h1-6H,15H2,(H,17,18). The Morgan fingerprint density at radius 2 is 1.68 bits per heavy atom. The fourth-order valence-electron chi connectivity index (χ4n) is 1.47. The second-order valence-corrected chi connectivity index (χ2v) is 3.47. The molecule has 0 aliphatic carbocycles. The first kappa shape index (κ1) is 13.1. The third kappa shape index (κ3) is 3.32. The van der Waals surface area contributed by atoms with Crippen LogP contribution in [-0.2, 0) is 0 Å². The van der Waals surface area contributed by atoms with Crippen molar-refractivity contribution in [3.05, 3.63) is 36.7 Å². The van der Waals surface area contributed by atoms with Crippen molar-refractivity contribution in [3.63, 3.8) is 0 Å². The summed E-state index contributed by atoms with van der Waals surface area (Å²) >= 11 is 0. The van der Waals surface area contributed by atoms with Crippen LogP contribution in [-0.4, -0.2) is 16.3 Å². The summed E-state index contributed by atoms with van der Waals surface area (Å²) in [6.45, 7) is 0. The van der Waals surface area contributed by atoms with Crippen molar-refractivity contribution in [3.8, 4) is 17.0 Å². The minimum Gasteiger partial charge on any atom is -0.406 e. The average molecular weight is 270 g/mol. The summed E-state index contributed by atoms with van der Waals surface area (Å²) in [6, 6.07) is 5.26. The Labute approximate surface area is 106 Å². The molecule has 0 saturated carbocycles. The van der Waals surface area contributed by atoms with Crippen LogP contribution in [0.4, 0.5) is 19.0 Å². The average Bonchev–Trinajstić information content (AvgIpc) is 2.38. The van der Waals surface area contributed by atoms with E-state index in [9.17, 15) is 13.2 Å². The lowest BCUT2D eigenvalue weighted by atomic mass is 10.1. The first-order valence-electron chi connectivity index (χ1n) is 5.13. The number of benzene rings is 1. The summed E-state index contributed by atoms with van der Waals surface area (Å²) in [5, 5.41) is 0. The first-order valence-corrected chi connectivity index (χ1v) is 5.13. The zero-order valence-corrected chi connectivity index (χ0v) is 9.48. The molecule has 1 aromatic carbocycles. The summed E-state index contributed by atoms with van der Waals surface area (Å²) < 4.78 is 39.8. The van der Waals surface area contributed by atoms with E-state index in [0.717, 1.165) is 0 Å². The first-order chi connectivity index (χ1) is 8.99. The molecule has 2 rings (SSSR count). The van der Waals surface area contributed by atoms with Gasteiger partial charge in [0.05, 0.1) is 0 Å². The fourth-order valence-corrected chi connectivity index (χ4v) is 1.47. The predicted octanol–water partition coefficient (Wildman–Crippen LogP) is 2.33. The molecule has 0 atom stereocenters. The fraction of sp³-hybridized carbons (Fsp3) is 0.0909. The van der Waals surface area contributed by atoms with Crippen LogP contribution in [0.2, 0.25) is 0 Å². The maximum atomic E-state index is 12.0. The lowest BCUT2D eigenvalue weighted by Gasteiger charge is -2.10. The van der Waals surface area contributed by atoms with Crippen LogP contribution in [0.3, 0.4) is 0 Å². The van der Waals surface area contributed by atoms with E-state index in [-0.39, 0.29) is 5.75 Å². The topological polar surface area (TPSA) is 73.1 Å². The molecule has 8 heteroatoms. The molecule has 5 nitrogen and oxygen atoms in total. The van der Waals surface area contributed by atoms with Crippen molar-refractivity contribution in [2.75, 3.05) is 5.43 Å². The molecule has 100 valence electrons. The van der Waals surface area contributed by atoms with Gasteiger partial charge in [-0.05, 0) is 24.3 Å². The Morgan fingerprint density at radius 1 is 1.05 bits per heavy atom. The molecule has 1 aromatic heterocycles. The summed E-state index contributed by atoms with van der Waals surface area (Å²) in [5.41, 5.74) is 3.36.